The van der Waals surface area contributed by atoms with E-state index in [9.17, 15) is 0 Å². The predicted molar refractivity (Wildman–Crippen MR) is 42.8 cm³/mol. The largest absolute Gasteiger partial charge is 0.379 e. The first kappa shape index (κ1) is 9.88. The number of hydrazine groups is 1. The van der Waals surface area contributed by atoms with Crippen LogP contribution in [0.2, 0.25) is 0 Å². The van der Waals surface area contributed by atoms with Crippen molar-refractivity contribution in [2.75, 3.05) is 33.4 Å². The van der Waals surface area contributed by atoms with Crippen molar-refractivity contribution in [2.45, 2.75) is 13.8 Å². The van der Waals surface area contributed by atoms with Gasteiger partial charge in [-0.2, -0.15) is 0 Å². The van der Waals surface area contributed by atoms with Gasteiger partial charge in [-0.25, -0.2) is 5.01 Å². The van der Waals surface area contributed by atoms with E-state index in [1.54, 1.807) is 0 Å². The summed E-state index contributed by atoms with van der Waals surface area (Å²) in [4.78, 5) is 0. The molecule has 0 atom stereocenters. The molecule has 1 saturated heterocycles. The van der Waals surface area contributed by atoms with Crippen molar-refractivity contribution in [1.82, 2.24) is 10.4 Å². The van der Waals surface area contributed by atoms with Gasteiger partial charge >= 0.3 is 0 Å². The zero-order valence-electron chi connectivity index (χ0n) is 7.18. The number of hydrogen-bond donors (Lipinski definition) is 1. The summed E-state index contributed by atoms with van der Waals surface area (Å²) in [5.41, 5.74) is 3.06. The summed E-state index contributed by atoms with van der Waals surface area (Å²) >= 11 is 0. The Morgan fingerprint density at radius 2 is 1.70 bits per heavy atom. The van der Waals surface area contributed by atoms with Crippen LogP contribution < -0.4 is 5.43 Å². The lowest BCUT2D eigenvalue weighted by molar-refractivity contribution is 0.0171. The summed E-state index contributed by atoms with van der Waals surface area (Å²) in [6.45, 7) is 7.74. The van der Waals surface area contributed by atoms with Crippen molar-refractivity contribution < 1.29 is 4.74 Å². The molecule has 0 aromatic heterocycles. The number of morpholine rings is 1. The molecule has 0 spiro atoms. The molecule has 0 aromatic carbocycles. The third kappa shape index (κ3) is 3.82. The van der Waals surface area contributed by atoms with E-state index in [0.717, 1.165) is 26.3 Å². The molecule has 1 N–H and O–H groups in total. The lowest BCUT2D eigenvalue weighted by Crippen LogP contribution is -2.43. The molecule has 1 heterocycles. The van der Waals surface area contributed by atoms with Crippen LogP contribution in [0.15, 0.2) is 0 Å². The fourth-order valence-corrected chi connectivity index (χ4v) is 0.787. The average Bonchev–Trinajstić information content (AvgIpc) is 2.10. The van der Waals surface area contributed by atoms with Crippen molar-refractivity contribution in [2.24, 2.45) is 0 Å². The maximum Gasteiger partial charge on any atom is 0.0608 e. The fourth-order valence-electron chi connectivity index (χ4n) is 0.787. The molecule has 0 amide bonds. The molecule has 0 radical (unpaired) electrons. The Kier molecular flexibility index (Phi) is 6.91. The first-order valence-electron chi connectivity index (χ1n) is 3.93. The van der Waals surface area contributed by atoms with E-state index in [0.29, 0.717) is 0 Å². The summed E-state index contributed by atoms with van der Waals surface area (Å²) in [5, 5.41) is 2.14. The fraction of sp³-hybridized carbons (Fsp3) is 1.00. The van der Waals surface area contributed by atoms with Gasteiger partial charge in [0.2, 0.25) is 0 Å². The summed E-state index contributed by atoms with van der Waals surface area (Å²) in [5.74, 6) is 0. The van der Waals surface area contributed by atoms with Crippen molar-refractivity contribution in [1.29, 1.82) is 0 Å². The molecule has 0 saturated carbocycles. The molecule has 62 valence electrons. The second kappa shape index (κ2) is 6.99. The van der Waals surface area contributed by atoms with Gasteiger partial charge in [0.05, 0.1) is 13.2 Å². The minimum Gasteiger partial charge on any atom is -0.379 e. The standard InChI is InChI=1S/C5H12N2O.C2H6/c1-6-7-2-4-8-5-3-7;1-2/h6H,2-5H2,1H3;1-2H3. The molecule has 3 heteroatoms. The van der Waals surface area contributed by atoms with Crippen LogP contribution >= 0.6 is 0 Å². The highest BCUT2D eigenvalue weighted by Crippen LogP contribution is 1.89. The number of ether oxygens (including phenoxy) is 1. The first-order chi connectivity index (χ1) is 4.93. The Bertz CT molecular complexity index is 62.6. The minimum absolute atomic E-state index is 0.862. The molecule has 0 bridgehead atoms. The predicted octanol–water partition coefficient (Wildman–Crippen LogP) is 0.479. The number of hydrogen-bond acceptors (Lipinski definition) is 3. The molecule has 1 fully saturated rings. The lowest BCUT2D eigenvalue weighted by atomic mass is 10.5. The van der Waals surface area contributed by atoms with Crippen LogP contribution in [0, 0.1) is 0 Å². The van der Waals surface area contributed by atoms with Gasteiger partial charge in [-0.15, -0.1) is 0 Å². The van der Waals surface area contributed by atoms with Gasteiger partial charge in [0.25, 0.3) is 0 Å². The van der Waals surface area contributed by atoms with Crippen molar-refractivity contribution in [3.63, 3.8) is 0 Å². The number of nitrogens with one attached hydrogen (secondary N) is 1. The van der Waals surface area contributed by atoms with Crippen LogP contribution in [0.1, 0.15) is 13.8 Å². The smallest absolute Gasteiger partial charge is 0.0608 e. The molecule has 1 rings (SSSR count). The quantitative estimate of drug-likeness (QED) is 0.582. The van der Waals surface area contributed by atoms with Crippen LogP contribution in [0.5, 0.6) is 0 Å². The Labute approximate surface area is 63.3 Å². The van der Waals surface area contributed by atoms with Gasteiger partial charge in [-0.3, -0.25) is 5.43 Å². The normalized spacial score (nSPS) is 19.5. The zero-order chi connectivity index (χ0) is 7.82. The Morgan fingerprint density at radius 3 is 2.00 bits per heavy atom. The highest BCUT2D eigenvalue weighted by Gasteiger charge is 2.05. The van der Waals surface area contributed by atoms with Gasteiger partial charge in [-0.05, 0) is 7.05 Å². The van der Waals surface area contributed by atoms with Gasteiger partial charge in [0.1, 0.15) is 0 Å². The first-order valence-corrected chi connectivity index (χ1v) is 3.93. The van der Waals surface area contributed by atoms with Gasteiger partial charge in [-0.1, -0.05) is 13.8 Å². The Morgan fingerprint density at radius 1 is 1.20 bits per heavy atom. The minimum atomic E-state index is 0.862. The summed E-state index contributed by atoms with van der Waals surface area (Å²) in [6, 6.07) is 0. The van der Waals surface area contributed by atoms with Crippen LogP contribution in [0.4, 0.5) is 0 Å². The molecule has 0 aliphatic carbocycles. The van der Waals surface area contributed by atoms with Gasteiger partial charge in [0, 0.05) is 13.1 Å². The summed E-state index contributed by atoms with van der Waals surface area (Å²) < 4.78 is 5.12. The number of nitrogens with zero attached hydrogens (tertiary/aromatic N) is 1. The molecule has 0 unspecified atom stereocenters. The maximum atomic E-state index is 5.12. The summed E-state index contributed by atoms with van der Waals surface area (Å²) in [6.07, 6.45) is 0. The van der Waals surface area contributed by atoms with Crippen molar-refractivity contribution >= 4 is 0 Å². The SMILES string of the molecule is CC.CNN1CCOCC1. The molecular formula is C7H18N2O. The molecule has 0 aromatic rings. The topological polar surface area (TPSA) is 24.5 Å². The van der Waals surface area contributed by atoms with E-state index in [4.69, 9.17) is 4.74 Å². The third-order valence-electron chi connectivity index (χ3n) is 1.33. The van der Waals surface area contributed by atoms with E-state index in [2.05, 4.69) is 10.4 Å². The van der Waals surface area contributed by atoms with E-state index < -0.39 is 0 Å². The Hall–Kier alpha value is -0.120. The molecule has 1 aliphatic heterocycles. The number of rotatable bonds is 1. The highest BCUT2D eigenvalue weighted by atomic mass is 16.5. The molecule has 1 aliphatic rings. The summed E-state index contributed by atoms with van der Waals surface area (Å²) in [7, 11) is 1.94. The zero-order valence-corrected chi connectivity index (χ0v) is 7.18. The van der Waals surface area contributed by atoms with Crippen LogP contribution in [-0.2, 0) is 4.74 Å². The maximum absolute atomic E-state index is 5.12. The molecular weight excluding hydrogens is 128 g/mol. The van der Waals surface area contributed by atoms with Gasteiger partial charge < -0.3 is 4.74 Å². The van der Waals surface area contributed by atoms with Crippen molar-refractivity contribution in [3.8, 4) is 0 Å². The van der Waals surface area contributed by atoms with E-state index in [1.165, 1.54) is 0 Å². The Balaban J connectivity index is 0.000000371. The second-order valence-corrected chi connectivity index (χ2v) is 1.82. The molecule has 10 heavy (non-hydrogen) atoms. The van der Waals surface area contributed by atoms with Crippen LogP contribution in [0.3, 0.4) is 0 Å². The highest BCUT2D eigenvalue weighted by molar-refractivity contribution is 4.53. The van der Waals surface area contributed by atoms with E-state index in [1.807, 2.05) is 20.9 Å². The second-order valence-electron chi connectivity index (χ2n) is 1.82. The van der Waals surface area contributed by atoms with Crippen molar-refractivity contribution in [3.05, 3.63) is 0 Å². The van der Waals surface area contributed by atoms with Crippen LogP contribution in [-0.4, -0.2) is 38.4 Å². The third-order valence-corrected chi connectivity index (χ3v) is 1.33. The van der Waals surface area contributed by atoms with E-state index in [-0.39, 0.29) is 0 Å². The monoisotopic (exact) mass is 146 g/mol. The van der Waals surface area contributed by atoms with Gasteiger partial charge in [0.15, 0.2) is 0 Å². The van der Waals surface area contributed by atoms with Crippen LogP contribution in [0.25, 0.3) is 0 Å². The molecule has 3 nitrogen and oxygen atoms in total. The lowest BCUT2D eigenvalue weighted by Gasteiger charge is -2.24. The van der Waals surface area contributed by atoms with E-state index >= 15 is 0 Å². The average molecular weight is 146 g/mol.